The van der Waals surface area contributed by atoms with E-state index in [9.17, 15) is 8.78 Å². The Kier molecular flexibility index (Phi) is 2.21. The first kappa shape index (κ1) is 10.1. The predicted molar refractivity (Wildman–Crippen MR) is 61.2 cm³/mol. The lowest BCUT2D eigenvalue weighted by Gasteiger charge is -2.07. The minimum atomic E-state index is -2.48. The van der Waals surface area contributed by atoms with Gasteiger partial charge in [-0.3, -0.25) is 0 Å². The number of nitrogens with zero attached hydrogens (tertiary/aromatic N) is 1. The highest BCUT2D eigenvalue weighted by atomic mass is 32.1. The number of thiazole rings is 1. The molecule has 0 N–H and O–H groups in total. The summed E-state index contributed by atoms with van der Waals surface area (Å²) in [6, 6.07) is 7.80. The molecular formula is C12H11F2NS. The number of benzene rings is 1. The van der Waals surface area contributed by atoms with E-state index in [2.05, 4.69) is 4.98 Å². The summed E-state index contributed by atoms with van der Waals surface area (Å²) in [6.07, 6.45) is 0.535. The summed E-state index contributed by atoms with van der Waals surface area (Å²) in [5, 5.41) is 0.873. The Bertz CT molecular complexity index is 487. The van der Waals surface area contributed by atoms with Crippen molar-refractivity contribution in [3.8, 4) is 0 Å². The lowest BCUT2D eigenvalue weighted by Crippen LogP contribution is -2.08. The van der Waals surface area contributed by atoms with E-state index in [0.717, 1.165) is 15.2 Å². The summed E-state index contributed by atoms with van der Waals surface area (Å²) in [5.74, 6) is -2.53. The van der Waals surface area contributed by atoms with Crippen LogP contribution in [-0.4, -0.2) is 10.9 Å². The molecule has 16 heavy (non-hydrogen) atoms. The second-order valence-corrected chi connectivity index (χ2v) is 5.38. The number of aromatic nitrogens is 1. The molecule has 2 aromatic rings. The second kappa shape index (κ2) is 3.48. The number of hydrogen-bond acceptors (Lipinski definition) is 2. The molecule has 84 valence electrons. The van der Waals surface area contributed by atoms with Crippen LogP contribution in [0, 0.1) is 0 Å². The van der Waals surface area contributed by atoms with Crippen molar-refractivity contribution in [1.82, 2.24) is 4.98 Å². The molecule has 1 aromatic heterocycles. The van der Waals surface area contributed by atoms with Gasteiger partial charge in [0.05, 0.1) is 15.2 Å². The lowest BCUT2D eigenvalue weighted by atomic mass is 10.1. The summed E-state index contributed by atoms with van der Waals surface area (Å²) >= 11 is 1.55. The van der Waals surface area contributed by atoms with Crippen LogP contribution in [0.25, 0.3) is 10.2 Å². The first-order valence-corrected chi connectivity index (χ1v) is 6.19. The van der Waals surface area contributed by atoms with Crippen molar-refractivity contribution in [1.29, 1.82) is 0 Å². The number of fused-ring (bicyclic) bond motifs is 1. The molecule has 0 aliphatic heterocycles. The molecular weight excluding hydrogens is 228 g/mol. The van der Waals surface area contributed by atoms with Gasteiger partial charge >= 0.3 is 0 Å². The van der Waals surface area contributed by atoms with Crippen LogP contribution >= 0.6 is 11.3 Å². The summed E-state index contributed by atoms with van der Waals surface area (Å²) in [4.78, 5) is 4.45. The Morgan fingerprint density at radius 1 is 1.31 bits per heavy atom. The van der Waals surface area contributed by atoms with Gasteiger partial charge in [0.25, 0.3) is 0 Å². The number of alkyl halides is 2. The molecule has 0 saturated heterocycles. The highest BCUT2D eigenvalue weighted by molar-refractivity contribution is 7.18. The van der Waals surface area contributed by atoms with Crippen LogP contribution in [0.5, 0.6) is 0 Å². The highest BCUT2D eigenvalue weighted by Gasteiger charge is 2.41. The fourth-order valence-corrected chi connectivity index (χ4v) is 3.33. The molecule has 0 spiro atoms. The van der Waals surface area contributed by atoms with Gasteiger partial charge in [0, 0.05) is 18.8 Å². The number of para-hydroxylation sites is 1. The minimum absolute atomic E-state index is 0.00753. The van der Waals surface area contributed by atoms with Crippen LogP contribution in [-0.2, 0) is 0 Å². The molecule has 4 heteroatoms. The standard InChI is InChI=1S/C12H11F2NS/c13-12(14)6-5-8(7-12)11-15-9-3-1-2-4-10(9)16-11/h1-4,8H,5-7H2. The number of halogens is 2. The second-order valence-electron chi connectivity index (χ2n) is 4.32. The van der Waals surface area contributed by atoms with Crippen molar-refractivity contribution in [2.45, 2.75) is 31.1 Å². The van der Waals surface area contributed by atoms with Gasteiger partial charge in [-0.2, -0.15) is 0 Å². The molecule has 1 nitrogen and oxygen atoms in total. The van der Waals surface area contributed by atoms with Crippen molar-refractivity contribution in [2.24, 2.45) is 0 Å². The SMILES string of the molecule is FC1(F)CCC(c2nc3ccccc3s2)C1. The molecule has 1 aliphatic carbocycles. The molecule has 1 heterocycles. The average molecular weight is 239 g/mol. The zero-order chi connectivity index (χ0) is 11.2. The van der Waals surface area contributed by atoms with Gasteiger partial charge in [-0.1, -0.05) is 12.1 Å². The van der Waals surface area contributed by atoms with Crippen LogP contribution in [0.1, 0.15) is 30.2 Å². The third-order valence-electron chi connectivity index (χ3n) is 3.06. The Labute approximate surface area is 96.1 Å². The Morgan fingerprint density at radius 2 is 2.12 bits per heavy atom. The normalized spacial score (nSPS) is 24.0. The number of hydrogen-bond donors (Lipinski definition) is 0. The molecule has 1 atom stereocenters. The van der Waals surface area contributed by atoms with Crippen molar-refractivity contribution in [3.63, 3.8) is 0 Å². The van der Waals surface area contributed by atoms with E-state index in [4.69, 9.17) is 0 Å². The summed E-state index contributed by atoms with van der Waals surface area (Å²) in [6.45, 7) is 0. The quantitative estimate of drug-likeness (QED) is 0.726. The third-order valence-corrected chi connectivity index (χ3v) is 4.26. The maximum Gasteiger partial charge on any atom is 0.248 e. The van der Waals surface area contributed by atoms with E-state index >= 15 is 0 Å². The van der Waals surface area contributed by atoms with E-state index in [0.29, 0.717) is 6.42 Å². The van der Waals surface area contributed by atoms with E-state index in [1.54, 1.807) is 11.3 Å². The first-order chi connectivity index (χ1) is 7.64. The van der Waals surface area contributed by atoms with Crippen LogP contribution in [0.3, 0.4) is 0 Å². The van der Waals surface area contributed by atoms with E-state index in [-0.39, 0.29) is 18.8 Å². The van der Waals surface area contributed by atoms with Crippen LogP contribution in [0.4, 0.5) is 8.78 Å². The van der Waals surface area contributed by atoms with Gasteiger partial charge < -0.3 is 0 Å². The average Bonchev–Trinajstić information content (AvgIpc) is 2.80. The molecule has 3 rings (SSSR count). The molecule has 0 bridgehead atoms. The van der Waals surface area contributed by atoms with E-state index < -0.39 is 5.92 Å². The van der Waals surface area contributed by atoms with E-state index in [1.807, 2.05) is 24.3 Å². The van der Waals surface area contributed by atoms with Gasteiger partial charge in [0.2, 0.25) is 5.92 Å². The van der Waals surface area contributed by atoms with Crippen LogP contribution in [0.2, 0.25) is 0 Å². The Morgan fingerprint density at radius 3 is 2.81 bits per heavy atom. The molecule has 1 aliphatic rings. The first-order valence-electron chi connectivity index (χ1n) is 5.37. The lowest BCUT2D eigenvalue weighted by molar-refractivity contribution is 0.00777. The summed E-state index contributed by atoms with van der Waals surface area (Å²) < 4.78 is 27.3. The third kappa shape index (κ3) is 1.71. The van der Waals surface area contributed by atoms with Gasteiger partial charge in [0.1, 0.15) is 0 Å². The highest BCUT2D eigenvalue weighted by Crippen LogP contribution is 2.45. The zero-order valence-corrected chi connectivity index (χ0v) is 9.44. The smallest absolute Gasteiger partial charge is 0.241 e. The van der Waals surface area contributed by atoms with Gasteiger partial charge in [-0.15, -0.1) is 11.3 Å². The van der Waals surface area contributed by atoms with E-state index in [1.165, 1.54) is 0 Å². The Hall–Kier alpha value is -1.03. The number of rotatable bonds is 1. The van der Waals surface area contributed by atoms with Gasteiger partial charge in [0.15, 0.2) is 0 Å². The topological polar surface area (TPSA) is 12.9 Å². The molecule has 1 fully saturated rings. The van der Waals surface area contributed by atoms with Crippen molar-refractivity contribution in [2.75, 3.05) is 0 Å². The van der Waals surface area contributed by atoms with Crippen molar-refractivity contribution >= 4 is 21.6 Å². The zero-order valence-electron chi connectivity index (χ0n) is 8.62. The molecule has 0 radical (unpaired) electrons. The van der Waals surface area contributed by atoms with Crippen LogP contribution in [0.15, 0.2) is 24.3 Å². The van der Waals surface area contributed by atoms with Crippen molar-refractivity contribution in [3.05, 3.63) is 29.3 Å². The largest absolute Gasteiger partial charge is 0.248 e. The molecule has 1 aromatic carbocycles. The monoisotopic (exact) mass is 239 g/mol. The van der Waals surface area contributed by atoms with Gasteiger partial charge in [-0.05, 0) is 18.6 Å². The van der Waals surface area contributed by atoms with Crippen molar-refractivity contribution < 1.29 is 8.78 Å². The summed E-state index contributed by atoms with van der Waals surface area (Å²) in [7, 11) is 0. The fraction of sp³-hybridized carbons (Fsp3) is 0.417. The molecule has 0 amide bonds. The maximum absolute atomic E-state index is 13.1. The molecule has 1 unspecified atom stereocenters. The minimum Gasteiger partial charge on any atom is -0.241 e. The van der Waals surface area contributed by atoms with Crippen LogP contribution < -0.4 is 0 Å². The predicted octanol–water partition coefficient (Wildman–Crippen LogP) is 4.20. The maximum atomic E-state index is 13.1. The Balaban J connectivity index is 1.95. The van der Waals surface area contributed by atoms with Gasteiger partial charge in [-0.25, -0.2) is 13.8 Å². The summed E-state index contributed by atoms with van der Waals surface area (Å²) in [5.41, 5.74) is 0.928. The molecule has 1 saturated carbocycles. The fourth-order valence-electron chi connectivity index (χ4n) is 2.23.